The molecule has 0 bridgehead atoms. The van der Waals surface area contributed by atoms with Gasteiger partial charge < -0.3 is 16.4 Å². The molecule has 0 aromatic heterocycles. The van der Waals surface area contributed by atoms with Crippen LogP contribution in [-0.4, -0.2) is 18.5 Å². The first-order valence-corrected chi connectivity index (χ1v) is 5.37. The maximum absolute atomic E-state index is 10.9. The minimum Gasteiger partial charge on any atom is -0.381 e. The summed E-state index contributed by atoms with van der Waals surface area (Å²) < 4.78 is 0. The van der Waals surface area contributed by atoms with Gasteiger partial charge in [-0.15, -0.1) is 0 Å². The number of carbonyl (C=O) groups excluding carboxylic acids is 1. The van der Waals surface area contributed by atoms with Crippen molar-refractivity contribution >= 4 is 17.3 Å². The molecule has 0 fully saturated rings. The summed E-state index contributed by atoms with van der Waals surface area (Å²) in [5.74, 6) is -0.0564. The lowest BCUT2D eigenvalue weighted by Gasteiger charge is -2.15. The predicted molar refractivity (Wildman–Crippen MR) is 67.6 cm³/mol. The molecular formula is C12H19N3O. The molecule has 0 radical (unpaired) electrons. The quantitative estimate of drug-likeness (QED) is 0.725. The third-order valence-corrected chi connectivity index (χ3v) is 2.30. The summed E-state index contributed by atoms with van der Waals surface area (Å²) in [7, 11) is 0. The van der Waals surface area contributed by atoms with Gasteiger partial charge in [0.05, 0.1) is 0 Å². The number of benzene rings is 1. The van der Waals surface area contributed by atoms with Crippen LogP contribution in [0.15, 0.2) is 18.2 Å². The fourth-order valence-electron chi connectivity index (χ4n) is 1.43. The number of amides is 1. The van der Waals surface area contributed by atoms with Crippen LogP contribution in [0.2, 0.25) is 0 Å². The van der Waals surface area contributed by atoms with Crippen molar-refractivity contribution in [2.24, 2.45) is 5.73 Å². The SMILES string of the molecule is CC(=O)Nc1ccc(NC(C)CN)cc1C. The highest BCUT2D eigenvalue weighted by Crippen LogP contribution is 2.20. The third kappa shape index (κ3) is 3.55. The second kappa shape index (κ2) is 5.51. The second-order valence-corrected chi connectivity index (χ2v) is 3.99. The lowest BCUT2D eigenvalue weighted by molar-refractivity contribution is -0.114. The van der Waals surface area contributed by atoms with Crippen LogP contribution >= 0.6 is 0 Å². The van der Waals surface area contributed by atoms with Crippen LogP contribution in [0.5, 0.6) is 0 Å². The van der Waals surface area contributed by atoms with Crippen molar-refractivity contribution in [2.45, 2.75) is 26.8 Å². The Balaban J connectivity index is 2.78. The Morgan fingerprint density at radius 3 is 2.69 bits per heavy atom. The zero-order chi connectivity index (χ0) is 12.1. The predicted octanol–water partition coefficient (Wildman–Crippen LogP) is 1.71. The van der Waals surface area contributed by atoms with E-state index in [9.17, 15) is 4.79 Å². The van der Waals surface area contributed by atoms with E-state index in [0.29, 0.717) is 6.54 Å². The molecule has 88 valence electrons. The first-order valence-electron chi connectivity index (χ1n) is 5.37. The molecule has 1 aromatic carbocycles. The first kappa shape index (κ1) is 12.5. The Morgan fingerprint density at radius 2 is 2.19 bits per heavy atom. The fraction of sp³-hybridized carbons (Fsp3) is 0.417. The van der Waals surface area contributed by atoms with E-state index in [4.69, 9.17) is 5.73 Å². The molecule has 4 heteroatoms. The van der Waals surface area contributed by atoms with Crippen LogP contribution in [-0.2, 0) is 4.79 Å². The summed E-state index contributed by atoms with van der Waals surface area (Å²) in [5, 5.41) is 6.05. The maximum Gasteiger partial charge on any atom is 0.221 e. The number of anilines is 2. The molecule has 0 saturated carbocycles. The molecule has 4 nitrogen and oxygen atoms in total. The van der Waals surface area contributed by atoms with Gasteiger partial charge in [-0.3, -0.25) is 4.79 Å². The molecule has 0 aliphatic heterocycles. The van der Waals surface area contributed by atoms with Gasteiger partial charge in [-0.2, -0.15) is 0 Å². The molecule has 0 aliphatic carbocycles. The topological polar surface area (TPSA) is 67.2 Å². The highest BCUT2D eigenvalue weighted by Gasteiger charge is 2.03. The summed E-state index contributed by atoms with van der Waals surface area (Å²) in [6, 6.07) is 6.07. The zero-order valence-corrected chi connectivity index (χ0v) is 10.0. The number of rotatable bonds is 4. The van der Waals surface area contributed by atoms with Crippen LogP contribution in [0.1, 0.15) is 19.4 Å². The lowest BCUT2D eigenvalue weighted by atomic mass is 10.1. The Bertz CT molecular complexity index is 377. The standard InChI is InChI=1S/C12H19N3O/c1-8-6-11(14-9(2)7-13)4-5-12(8)15-10(3)16/h4-6,9,14H,7,13H2,1-3H3,(H,15,16). The van der Waals surface area contributed by atoms with Gasteiger partial charge in [0.15, 0.2) is 0 Å². The minimum atomic E-state index is -0.0564. The molecule has 1 amide bonds. The van der Waals surface area contributed by atoms with Crippen LogP contribution in [0.3, 0.4) is 0 Å². The number of carbonyl (C=O) groups is 1. The Hall–Kier alpha value is -1.55. The monoisotopic (exact) mass is 221 g/mol. The number of nitrogens with two attached hydrogens (primary N) is 1. The molecule has 0 saturated heterocycles. The number of aryl methyl sites for hydroxylation is 1. The van der Waals surface area contributed by atoms with Crippen molar-refractivity contribution in [3.8, 4) is 0 Å². The summed E-state index contributed by atoms with van der Waals surface area (Å²) in [5.41, 5.74) is 8.43. The molecule has 0 spiro atoms. The largest absolute Gasteiger partial charge is 0.381 e. The summed E-state index contributed by atoms with van der Waals surface area (Å²) >= 11 is 0. The van der Waals surface area contributed by atoms with Gasteiger partial charge in [-0.25, -0.2) is 0 Å². The molecular weight excluding hydrogens is 202 g/mol. The normalized spacial score (nSPS) is 12.0. The molecule has 1 unspecified atom stereocenters. The molecule has 1 atom stereocenters. The average molecular weight is 221 g/mol. The van der Waals surface area contributed by atoms with E-state index in [1.54, 1.807) is 0 Å². The van der Waals surface area contributed by atoms with Gasteiger partial charge in [0.25, 0.3) is 0 Å². The van der Waals surface area contributed by atoms with Crippen molar-refractivity contribution in [3.05, 3.63) is 23.8 Å². The number of hydrogen-bond acceptors (Lipinski definition) is 3. The van der Waals surface area contributed by atoms with E-state index in [2.05, 4.69) is 10.6 Å². The van der Waals surface area contributed by atoms with Crippen molar-refractivity contribution in [2.75, 3.05) is 17.2 Å². The van der Waals surface area contributed by atoms with Crippen LogP contribution in [0.4, 0.5) is 11.4 Å². The fourth-order valence-corrected chi connectivity index (χ4v) is 1.43. The van der Waals surface area contributed by atoms with Crippen LogP contribution < -0.4 is 16.4 Å². The van der Waals surface area contributed by atoms with Crippen LogP contribution in [0.25, 0.3) is 0 Å². The van der Waals surface area contributed by atoms with E-state index >= 15 is 0 Å². The van der Waals surface area contributed by atoms with E-state index in [0.717, 1.165) is 16.9 Å². The van der Waals surface area contributed by atoms with Crippen molar-refractivity contribution in [1.29, 1.82) is 0 Å². The molecule has 0 heterocycles. The van der Waals surface area contributed by atoms with Gasteiger partial charge in [0.1, 0.15) is 0 Å². The second-order valence-electron chi connectivity index (χ2n) is 3.99. The highest BCUT2D eigenvalue weighted by atomic mass is 16.1. The summed E-state index contributed by atoms with van der Waals surface area (Å²) in [6.07, 6.45) is 0. The summed E-state index contributed by atoms with van der Waals surface area (Å²) in [4.78, 5) is 10.9. The number of nitrogens with one attached hydrogen (secondary N) is 2. The van der Waals surface area contributed by atoms with Crippen molar-refractivity contribution < 1.29 is 4.79 Å². The van der Waals surface area contributed by atoms with Crippen molar-refractivity contribution in [1.82, 2.24) is 0 Å². The average Bonchev–Trinajstić information content (AvgIpc) is 2.21. The van der Waals surface area contributed by atoms with E-state index in [-0.39, 0.29) is 11.9 Å². The van der Waals surface area contributed by atoms with E-state index in [1.165, 1.54) is 6.92 Å². The molecule has 0 aliphatic rings. The zero-order valence-electron chi connectivity index (χ0n) is 10.0. The molecule has 1 rings (SSSR count). The molecule has 4 N–H and O–H groups in total. The van der Waals surface area contributed by atoms with Gasteiger partial charge in [0.2, 0.25) is 5.91 Å². The Kier molecular flexibility index (Phi) is 4.31. The first-order chi connectivity index (χ1) is 7.52. The number of hydrogen-bond donors (Lipinski definition) is 3. The third-order valence-electron chi connectivity index (χ3n) is 2.30. The van der Waals surface area contributed by atoms with Gasteiger partial charge >= 0.3 is 0 Å². The lowest BCUT2D eigenvalue weighted by Crippen LogP contribution is -2.25. The van der Waals surface area contributed by atoms with E-state index in [1.807, 2.05) is 32.0 Å². The molecule has 1 aromatic rings. The Labute approximate surface area is 96.2 Å². The van der Waals surface area contributed by atoms with E-state index < -0.39 is 0 Å². The van der Waals surface area contributed by atoms with Gasteiger partial charge in [0, 0.05) is 30.9 Å². The highest BCUT2D eigenvalue weighted by molar-refractivity contribution is 5.89. The Morgan fingerprint density at radius 1 is 1.50 bits per heavy atom. The van der Waals surface area contributed by atoms with Crippen LogP contribution in [0, 0.1) is 6.92 Å². The maximum atomic E-state index is 10.9. The van der Waals surface area contributed by atoms with Crippen molar-refractivity contribution in [3.63, 3.8) is 0 Å². The van der Waals surface area contributed by atoms with Gasteiger partial charge in [-0.05, 0) is 37.6 Å². The smallest absolute Gasteiger partial charge is 0.221 e. The summed E-state index contributed by atoms with van der Waals surface area (Å²) in [6.45, 7) is 6.08. The van der Waals surface area contributed by atoms with Gasteiger partial charge in [-0.1, -0.05) is 0 Å². The minimum absolute atomic E-state index is 0.0564. The molecule has 16 heavy (non-hydrogen) atoms.